The van der Waals surface area contributed by atoms with Crippen LogP contribution < -0.4 is 5.32 Å². The van der Waals surface area contributed by atoms with Gasteiger partial charge in [-0.2, -0.15) is 0 Å². The molecule has 1 unspecified atom stereocenters. The minimum absolute atomic E-state index is 0.710. The van der Waals surface area contributed by atoms with E-state index in [2.05, 4.69) is 41.5 Å². The van der Waals surface area contributed by atoms with Crippen molar-refractivity contribution in [2.45, 2.75) is 44.2 Å². The fraction of sp³-hybridized carbons (Fsp3) is 0.625. The van der Waals surface area contributed by atoms with E-state index in [1.165, 1.54) is 37.8 Å². The standard InChI is InChI=1S/C16H24N2/c1-18(16-3-2-10-17-11-16)12-13-4-6-14(7-5-13)15-8-9-15/h4-7,15-17H,2-3,8-12H2,1H3. The maximum Gasteiger partial charge on any atom is 0.0234 e. The average Bonchev–Trinajstić information content (AvgIpc) is 3.25. The summed E-state index contributed by atoms with van der Waals surface area (Å²) < 4.78 is 0. The number of rotatable bonds is 4. The first-order valence-corrected chi connectivity index (χ1v) is 7.33. The second kappa shape index (κ2) is 5.41. The number of hydrogen-bond donors (Lipinski definition) is 1. The van der Waals surface area contributed by atoms with Crippen LogP contribution in [0.15, 0.2) is 24.3 Å². The Hall–Kier alpha value is -0.860. The lowest BCUT2D eigenvalue weighted by atomic mass is 10.0. The van der Waals surface area contributed by atoms with Crippen LogP contribution in [0.4, 0.5) is 0 Å². The van der Waals surface area contributed by atoms with Crippen LogP contribution in [0.2, 0.25) is 0 Å². The molecule has 0 radical (unpaired) electrons. The Morgan fingerprint density at radius 3 is 2.56 bits per heavy atom. The third kappa shape index (κ3) is 2.93. The van der Waals surface area contributed by atoms with Gasteiger partial charge in [0.1, 0.15) is 0 Å². The lowest BCUT2D eigenvalue weighted by molar-refractivity contribution is 0.196. The second-order valence-corrected chi connectivity index (χ2v) is 5.93. The van der Waals surface area contributed by atoms with Gasteiger partial charge in [0, 0.05) is 19.1 Å². The number of nitrogens with one attached hydrogen (secondary N) is 1. The van der Waals surface area contributed by atoms with Crippen molar-refractivity contribution in [3.8, 4) is 0 Å². The Morgan fingerprint density at radius 2 is 1.94 bits per heavy atom. The molecule has 0 amide bonds. The molecule has 18 heavy (non-hydrogen) atoms. The van der Waals surface area contributed by atoms with E-state index in [0.717, 1.165) is 19.0 Å². The Labute approximate surface area is 110 Å². The van der Waals surface area contributed by atoms with Crippen LogP contribution in [0, 0.1) is 0 Å². The fourth-order valence-corrected chi connectivity index (χ4v) is 2.94. The molecule has 1 aliphatic carbocycles. The van der Waals surface area contributed by atoms with E-state index >= 15 is 0 Å². The SMILES string of the molecule is CN(Cc1ccc(C2CC2)cc1)C1CCCNC1. The number of piperidine rings is 1. The van der Waals surface area contributed by atoms with Gasteiger partial charge < -0.3 is 5.32 Å². The van der Waals surface area contributed by atoms with Crippen LogP contribution in [-0.4, -0.2) is 31.1 Å². The lowest BCUT2D eigenvalue weighted by Gasteiger charge is -2.31. The fourth-order valence-electron chi connectivity index (χ4n) is 2.94. The summed E-state index contributed by atoms with van der Waals surface area (Å²) in [6.07, 6.45) is 5.44. The molecule has 0 spiro atoms. The largest absolute Gasteiger partial charge is 0.315 e. The summed E-state index contributed by atoms with van der Waals surface area (Å²) in [5.74, 6) is 0.874. The molecule has 0 aromatic heterocycles. The van der Waals surface area contributed by atoms with Crippen molar-refractivity contribution in [2.75, 3.05) is 20.1 Å². The predicted molar refractivity (Wildman–Crippen MR) is 75.8 cm³/mol. The highest BCUT2D eigenvalue weighted by Gasteiger charge is 2.23. The van der Waals surface area contributed by atoms with Crippen molar-refractivity contribution in [2.24, 2.45) is 0 Å². The molecule has 98 valence electrons. The van der Waals surface area contributed by atoms with Crippen LogP contribution in [0.25, 0.3) is 0 Å². The first kappa shape index (κ1) is 12.2. The van der Waals surface area contributed by atoms with Gasteiger partial charge in [-0.05, 0) is 56.3 Å². The highest BCUT2D eigenvalue weighted by molar-refractivity contribution is 5.28. The van der Waals surface area contributed by atoms with Crippen LogP contribution in [-0.2, 0) is 6.54 Å². The van der Waals surface area contributed by atoms with E-state index in [9.17, 15) is 0 Å². The molecular weight excluding hydrogens is 220 g/mol. The van der Waals surface area contributed by atoms with Gasteiger partial charge in [0.2, 0.25) is 0 Å². The molecule has 1 N–H and O–H groups in total. The van der Waals surface area contributed by atoms with Crippen LogP contribution in [0.5, 0.6) is 0 Å². The molecule has 2 heteroatoms. The van der Waals surface area contributed by atoms with E-state index in [1.807, 2.05) is 0 Å². The third-order valence-corrected chi connectivity index (χ3v) is 4.35. The van der Waals surface area contributed by atoms with Crippen molar-refractivity contribution in [1.29, 1.82) is 0 Å². The number of hydrogen-bond acceptors (Lipinski definition) is 2. The zero-order valence-electron chi connectivity index (χ0n) is 11.4. The molecule has 3 rings (SSSR count). The first-order valence-electron chi connectivity index (χ1n) is 7.33. The van der Waals surface area contributed by atoms with Crippen LogP contribution in [0.3, 0.4) is 0 Å². The molecule has 2 nitrogen and oxygen atoms in total. The van der Waals surface area contributed by atoms with E-state index in [0.29, 0.717) is 6.04 Å². The van der Waals surface area contributed by atoms with Crippen molar-refractivity contribution in [3.63, 3.8) is 0 Å². The van der Waals surface area contributed by atoms with E-state index in [1.54, 1.807) is 5.56 Å². The predicted octanol–water partition coefficient (Wildman–Crippen LogP) is 2.75. The zero-order valence-corrected chi connectivity index (χ0v) is 11.4. The highest BCUT2D eigenvalue weighted by atomic mass is 15.2. The van der Waals surface area contributed by atoms with Crippen LogP contribution >= 0.6 is 0 Å². The van der Waals surface area contributed by atoms with E-state index in [4.69, 9.17) is 0 Å². The summed E-state index contributed by atoms with van der Waals surface area (Å²) in [5.41, 5.74) is 2.99. The summed E-state index contributed by atoms with van der Waals surface area (Å²) in [5, 5.41) is 3.49. The summed E-state index contributed by atoms with van der Waals surface area (Å²) in [7, 11) is 2.26. The normalized spacial score (nSPS) is 24.4. The molecule has 1 aromatic rings. The minimum atomic E-state index is 0.710. The van der Waals surface area contributed by atoms with Gasteiger partial charge in [-0.1, -0.05) is 24.3 Å². The van der Waals surface area contributed by atoms with Crippen molar-refractivity contribution in [3.05, 3.63) is 35.4 Å². The third-order valence-electron chi connectivity index (χ3n) is 4.35. The summed E-state index contributed by atoms with van der Waals surface area (Å²) in [6, 6.07) is 10.0. The van der Waals surface area contributed by atoms with Crippen LogP contribution in [0.1, 0.15) is 42.7 Å². The van der Waals surface area contributed by atoms with Gasteiger partial charge in [-0.25, -0.2) is 0 Å². The molecule has 0 bridgehead atoms. The Morgan fingerprint density at radius 1 is 1.17 bits per heavy atom. The highest BCUT2D eigenvalue weighted by Crippen LogP contribution is 2.39. The summed E-state index contributed by atoms with van der Waals surface area (Å²) in [6.45, 7) is 3.42. The Balaban J connectivity index is 1.57. The quantitative estimate of drug-likeness (QED) is 0.876. The lowest BCUT2D eigenvalue weighted by Crippen LogP contribution is -2.43. The smallest absolute Gasteiger partial charge is 0.0234 e. The average molecular weight is 244 g/mol. The monoisotopic (exact) mass is 244 g/mol. The summed E-state index contributed by atoms with van der Waals surface area (Å²) >= 11 is 0. The van der Waals surface area contributed by atoms with Crippen molar-refractivity contribution >= 4 is 0 Å². The molecule has 1 heterocycles. The molecule has 1 saturated carbocycles. The second-order valence-electron chi connectivity index (χ2n) is 5.93. The molecule has 2 aliphatic rings. The van der Waals surface area contributed by atoms with Gasteiger partial charge in [-0.15, -0.1) is 0 Å². The maximum atomic E-state index is 3.49. The molecule has 1 aliphatic heterocycles. The van der Waals surface area contributed by atoms with E-state index in [-0.39, 0.29) is 0 Å². The first-order chi connectivity index (χ1) is 8.83. The Bertz CT molecular complexity index is 375. The van der Waals surface area contributed by atoms with Gasteiger partial charge >= 0.3 is 0 Å². The molecule has 1 saturated heterocycles. The Kier molecular flexibility index (Phi) is 3.67. The van der Waals surface area contributed by atoms with Gasteiger partial charge in [0.15, 0.2) is 0 Å². The number of nitrogens with zero attached hydrogens (tertiary/aromatic N) is 1. The van der Waals surface area contributed by atoms with Crippen molar-refractivity contribution in [1.82, 2.24) is 10.2 Å². The molecule has 2 fully saturated rings. The minimum Gasteiger partial charge on any atom is -0.315 e. The van der Waals surface area contributed by atoms with Gasteiger partial charge in [0.05, 0.1) is 0 Å². The van der Waals surface area contributed by atoms with Gasteiger partial charge in [-0.3, -0.25) is 4.90 Å². The topological polar surface area (TPSA) is 15.3 Å². The molecule has 1 aromatic carbocycles. The molecule has 1 atom stereocenters. The number of benzene rings is 1. The molecular formula is C16H24N2. The maximum absolute atomic E-state index is 3.49. The number of likely N-dealkylation sites (N-methyl/N-ethyl adjacent to an activating group) is 1. The van der Waals surface area contributed by atoms with Crippen molar-refractivity contribution < 1.29 is 0 Å². The summed E-state index contributed by atoms with van der Waals surface area (Å²) in [4.78, 5) is 2.50. The van der Waals surface area contributed by atoms with Gasteiger partial charge in [0.25, 0.3) is 0 Å². The van der Waals surface area contributed by atoms with E-state index < -0.39 is 0 Å². The zero-order chi connectivity index (χ0) is 12.4.